The number of nitriles is 1. The topological polar surface area (TPSA) is 99.1 Å². The van der Waals surface area contributed by atoms with Crippen LogP contribution in [0.15, 0.2) is 53.3 Å². The maximum absolute atomic E-state index is 10.3. The van der Waals surface area contributed by atoms with Crippen LogP contribution < -0.4 is 0 Å². The lowest BCUT2D eigenvalue weighted by Gasteiger charge is -2.19. The van der Waals surface area contributed by atoms with Crippen molar-refractivity contribution in [3.63, 3.8) is 0 Å². The Morgan fingerprint density at radius 1 is 1.28 bits per heavy atom. The van der Waals surface area contributed by atoms with Crippen LogP contribution in [-0.4, -0.2) is 38.7 Å². The van der Waals surface area contributed by atoms with Crippen molar-refractivity contribution >= 4 is 0 Å². The molecule has 7 heteroatoms. The Kier molecular flexibility index (Phi) is 5.14. The molecule has 25 heavy (non-hydrogen) atoms. The Balaban J connectivity index is 1.59. The second-order valence-electron chi connectivity index (χ2n) is 5.70. The van der Waals surface area contributed by atoms with E-state index < -0.39 is 6.10 Å². The molecule has 0 amide bonds. The Morgan fingerprint density at radius 3 is 2.76 bits per heavy atom. The van der Waals surface area contributed by atoms with E-state index in [9.17, 15) is 5.11 Å². The molecule has 0 aliphatic rings. The molecule has 0 aliphatic carbocycles. The fraction of sp³-hybridized carbons (Fsp3) is 0.222. The van der Waals surface area contributed by atoms with Crippen molar-refractivity contribution in [1.82, 2.24) is 20.0 Å². The average molecular weight is 335 g/mol. The third-order valence-electron chi connectivity index (χ3n) is 3.70. The SMILES string of the molecule is CN(Cc1nc(-c2cccnc2)no1)CC(O)c1ccc(C#N)cc1. The molecule has 3 aromatic rings. The monoisotopic (exact) mass is 335 g/mol. The van der Waals surface area contributed by atoms with Gasteiger partial charge in [0.2, 0.25) is 11.7 Å². The normalized spacial score (nSPS) is 12.1. The molecule has 2 heterocycles. The number of rotatable bonds is 6. The number of benzene rings is 1. The molecule has 1 N–H and O–H groups in total. The summed E-state index contributed by atoms with van der Waals surface area (Å²) in [6.07, 6.45) is 2.69. The van der Waals surface area contributed by atoms with E-state index in [1.807, 2.05) is 24.1 Å². The number of pyridine rings is 1. The number of aromatic nitrogens is 3. The van der Waals surface area contributed by atoms with Crippen molar-refractivity contribution in [3.8, 4) is 17.5 Å². The van der Waals surface area contributed by atoms with Crippen molar-refractivity contribution in [2.24, 2.45) is 0 Å². The zero-order valence-corrected chi connectivity index (χ0v) is 13.7. The summed E-state index contributed by atoms with van der Waals surface area (Å²) in [5.74, 6) is 0.956. The first-order valence-electron chi connectivity index (χ1n) is 7.75. The van der Waals surface area contributed by atoms with Gasteiger partial charge >= 0.3 is 0 Å². The summed E-state index contributed by atoms with van der Waals surface area (Å²) in [5.41, 5.74) is 2.11. The van der Waals surface area contributed by atoms with E-state index in [0.717, 1.165) is 11.1 Å². The summed E-state index contributed by atoms with van der Waals surface area (Å²) in [5, 5.41) is 23.1. The maximum atomic E-state index is 10.3. The Labute approximate surface area is 145 Å². The van der Waals surface area contributed by atoms with Crippen molar-refractivity contribution in [2.75, 3.05) is 13.6 Å². The lowest BCUT2D eigenvalue weighted by molar-refractivity contribution is 0.118. The van der Waals surface area contributed by atoms with Crippen molar-refractivity contribution < 1.29 is 9.63 Å². The van der Waals surface area contributed by atoms with Gasteiger partial charge in [-0.05, 0) is 36.9 Å². The van der Waals surface area contributed by atoms with Gasteiger partial charge in [-0.2, -0.15) is 10.2 Å². The summed E-state index contributed by atoms with van der Waals surface area (Å²) < 4.78 is 5.26. The van der Waals surface area contributed by atoms with Gasteiger partial charge in [-0.1, -0.05) is 17.3 Å². The molecule has 2 aromatic heterocycles. The molecule has 0 spiro atoms. The zero-order chi connectivity index (χ0) is 17.6. The van der Waals surface area contributed by atoms with Crippen LogP contribution in [0, 0.1) is 11.3 Å². The van der Waals surface area contributed by atoms with Crippen LogP contribution in [0.1, 0.15) is 23.1 Å². The highest BCUT2D eigenvalue weighted by Crippen LogP contribution is 2.17. The highest BCUT2D eigenvalue weighted by molar-refractivity contribution is 5.51. The minimum atomic E-state index is -0.668. The third-order valence-corrected chi connectivity index (χ3v) is 3.70. The van der Waals surface area contributed by atoms with E-state index in [4.69, 9.17) is 9.78 Å². The van der Waals surface area contributed by atoms with Crippen molar-refractivity contribution in [1.29, 1.82) is 5.26 Å². The van der Waals surface area contributed by atoms with Crippen LogP contribution in [0.2, 0.25) is 0 Å². The van der Waals surface area contributed by atoms with E-state index in [2.05, 4.69) is 21.2 Å². The molecule has 1 unspecified atom stereocenters. The van der Waals surface area contributed by atoms with Crippen molar-refractivity contribution in [3.05, 3.63) is 65.8 Å². The van der Waals surface area contributed by atoms with Crippen LogP contribution in [0.5, 0.6) is 0 Å². The Hall–Kier alpha value is -3.08. The van der Waals surface area contributed by atoms with Gasteiger partial charge in [0, 0.05) is 24.5 Å². The van der Waals surface area contributed by atoms with E-state index in [0.29, 0.717) is 30.4 Å². The van der Waals surface area contributed by atoms with Gasteiger partial charge in [0.25, 0.3) is 0 Å². The molecule has 126 valence electrons. The van der Waals surface area contributed by atoms with Gasteiger partial charge in [0.15, 0.2) is 0 Å². The minimum Gasteiger partial charge on any atom is -0.387 e. The Bertz CT molecular complexity index is 855. The molecule has 7 nitrogen and oxygen atoms in total. The van der Waals surface area contributed by atoms with Gasteiger partial charge in [-0.25, -0.2) is 0 Å². The van der Waals surface area contributed by atoms with Gasteiger partial charge in [-0.15, -0.1) is 0 Å². The molecular formula is C18H17N5O2. The highest BCUT2D eigenvalue weighted by atomic mass is 16.5. The predicted molar refractivity (Wildman–Crippen MR) is 90.0 cm³/mol. The predicted octanol–water partition coefficient (Wildman–Crippen LogP) is 2.17. The first-order valence-corrected chi connectivity index (χ1v) is 7.75. The summed E-state index contributed by atoms with van der Waals surface area (Å²) in [6.45, 7) is 0.817. The Morgan fingerprint density at radius 2 is 2.08 bits per heavy atom. The quantitative estimate of drug-likeness (QED) is 0.737. The second kappa shape index (κ2) is 7.66. The molecule has 0 aliphatic heterocycles. The van der Waals surface area contributed by atoms with Gasteiger partial charge in [-0.3, -0.25) is 9.88 Å². The van der Waals surface area contributed by atoms with E-state index in [1.54, 1.807) is 36.7 Å². The zero-order valence-electron chi connectivity index (χ0n) is 13.7. The molecule has 1 aromatic carbocycles. The summed E-state index contributed by atoms with van der Waals surface area (Å²) in [6, 6.07) is 12.6. The maximum Gasteiger partial charge on any atom is 0.241 e. The van der Waals surface area contributed by atoms with Gasteiger partial charge in [0.1, 0.15) is 0 Å². The van der Waals surface area contributed by atoms with E-state index in [1.165, 1.54) is 0 Å². The van der Waals surface area contributed by atoms with Crippen LogP contribution >= 0.6 is 0 Å². The van der Waals surface area contributed by atoms with Gasteiger partial charge < -0.3 is 9.63 Å². The van der Waals surface area contributed by atoms with E-state index in [-0.39, 0.29) is 0 Å². The lowest BCUT2D eigenvalue weighted by atomic mass is 10.1. The number of hydrogen-bond donors (Lipinski definition) is 1. The minimum absolute atomic E-state index is 0.399. The molecule has 0 saturated heterocycles. The van der Waals surface area contributed by atoms with Crippen LogP contribution in [0.3, 0.4) is 0 Å². The standard InChI is InChI=1S/C18H17N5O2/c1-23(11-16(24)14-6-4-13(9-19)5-7-14)12-17-21-18(22-25-17)15-3-2-8-20-10-15/h2-8,10,16,24H,11-12H2,1H3. The molecule has 0 fully saturated rings. The molecule has 1 atom stereocenters. The lowest BCUT2D eigenvalue weighted by Crippen LogP contribution is -2.24. The second-order valence-corrected chi connectivity index (χ2v) is 5.70. The number of aliphatic hydroxyl groups excluding tert-OH is 1. The fourth-order valence-corrected chi connectivity index (χ4v) is 2.41. The third kappa shape index (κ3) is 4.26. The fourth-order valence-electron chi connectivity index (χ4n) is 2.41. The highest BCUT2D eigenvalue weighted by Gasteiger charge is 2.15. The number of likely N-dealkylation sites (N-methyl/N-ethyl adjacent to an activating group) is 1. The molecule has 0 bridgehead atoms. The molecule has 0 saturated carbocycles. The van der Waals surface area contributed by atoms with Crippen LogP contribution in [-0.2, 0) is 6.54 Å². The smallest absolute Gasteiger partial charge is 0.241 e. The van der Waals surface area contributed by atoms with Gasteiger partial charge in [0.05, 0.1) is 24.3 Å². The van der Waals surface area contributed by atoms with Crippen LogP contribution in [0.25, 0.3) is 11.4 Å². The first-order chi connectivity index (χ1) is 12.2. The molecule has 0 radical (unpaired) electrons. The largest absolute Gasteiger partial charge is 0.387 e. The average Bonchev–Trinajstić information content (AvgIpc) is 3.10. The number of nitrogens with zero attached hydrogens (tertiary/aromatic N) is 5. The number of aliphatic hydroxyl groups is 1. The number of hydrogen-bond acceptors (Lipinski definition) is 7. The molecule has 3 rings (SSSR count). The summed E-state index contributed by atoms with van der Waals surface area (Å²) in [4.78, 5) is 10.3. The van der Waals surface area contributed by atoms with Crippen molar-refractivity contribution in [2.45, 2.75) is 12.6 Å². The van der Waals surface area contributed by atoms with E-state index >= 15 is 0 Å². The summed E-state index contributed by atoms with van der Waals surface area (Å²) in [7, 11) is 1.86. The molecular weight excluding hydrogens is 318 g/mol. The first kappa shape index (κ1) is 16.8. The van der Waals surface area contributed by atoms with Crippen LogP contribution in [0.4, 0.5) is 0 Å². The summed E-state index contributed by atoms with van der Waals surface area (Å²) >= 11 is 0.